The van der Waals surface area contributed by atoms with Crippen molar-refractivity contribution in [3.8, 4) is 5.75 Å². The Kier molecular flexibility index (Phi) is 3.11. The highest BCUT2D eigenvalue weighted by Crippen LogP contribution is 2.32. The van der Waals surface area contributed by atoms with Crippen LogP contribution in [0.5, 0.6) is 5.75 Å². The standard InChI is InChI=1S/C14H16O2/c1-10(9-15)12-7-3-5-11-6-4-8-13(16-2)14(11)12/h3-8,10,15H,9H2,1-2H3. The zero-order chi connectivity index (χ0) is 11.5. The quantitative estimate of drug-likeness (QED) is 0.854. The Bertz CT molecular complexity index is 486. The number of rotatable bonds is 3. The lowest BCUT2D eigenvalue weighted by Gasteiger charge is -2.14. The maximum atomic E-state index is 9.27. The molecule has 0 aromatic heterocycles. The van der Waals surface area contributed by atoms with Gasteiger partial charge in [0.05, 0.1) is 7.11 Å². The molecular weight excluding hydrogens is 200 g/mol. The number of ether oxygens (including phenoxy) is 1. The van der Waals surface area contributed by atoms with Crippen LogP contribution in [0.1, 0.15) is 18.4 Å². The van der Waals surface area contributed by atoms with Gasteiger partial charge in [-0.3, -0.25) is 0 Å². The third-order valence-corrected chi connectivity index (χ3v) is 2.92. The summed E-state index contributed by atoms with van der Waals surface area (Å²) in [5.41, 5.74) is 1.14. The van der Waals surface area contributed by atoms with Gasteiger partial charge in [0.2, 0.25) is 0 Å². The molecule has 0 heterocycles. The molecule has 0 radical (unpaired) electrons. The van der Waals surface area contributed by atoms with Gasteiger partial charge in [-0.05, 0) is 17.0 Å². The molecule has 2 rings (SSSR count). The first-order valence-corrected chi connectivity index (χ1v) is 5.44. The van der Waals surface area contributed by atoms with E-state index < -0.39 is 0 Å². The van der Waals surface area contributed by atoms with Gasteiger partial charge in [0, 0.05) is 17.9 Å². The van der Waals surface area contributed by atoms with Crippen LogP contribution in [-0.4, -0.2) is 18.8 Å². The summed E-state index contributed by atoms with van der Waals surface area (Å²) in [5.74, 6) is 0.994. The normalized spacial score (nSPS) is 12.7. The van der Waals surface area contributed by atoms with Crippen LogP contribution in [0.2, 0.25) is 0 Å². The summed E-state index contributed by atoms with van der Waals surface area (Å²) in [7, 11) is 1.68. The molecule has 0 saturated carbocycles. The second-order valence-electron chi connectivity index (χ2n) is 3.99. The molecule has 0 saturated heterocycles. The molecule has 0 aliphatic rings. The highest BCUT2D eigenvalue weighted by atomic mass is 16.5. The molecule has 0 aliphatic carbocycles. The highest BCUT2D eigenvalue weighted by molar-refractivity contribution is 5.91. The Morgan fingerprint density at radius 2 is 1.88 bits per heavy atom. The molecule has 0 bridgehead atoms. The number of fused-ring (bicyclic) bond motifs is 1. The Morgan fingerprint density at radius 3 is 2.50 bits per heavy atom. The first-order valence-electron chi connectivity index (χ1n) is 5.44. The molecule has 2 aromatic carbocycles. The third-order valence-electron chi connectivity index (χ3n) is 2.92. The van der Waals surface area contributed by atoms with Crippen LogP contribution < -0.4 is 4.74 Å². The fourth-order valence-corrected chi connectivity index (χ4v) is 2.01. The summed E-state index contributed by atoms with van der Waals surface area (Å²) in [6.07, 6.45) is 0. The predicted molar refractivity (Wildman–Crippen MR) is 66.0 cm³/mol. The number of aliphatic hydroxyl groups excluding tert-OH is 1. The average Bonchev–Trinajstić information content (AvgIpc) is 2.36. The maximum Gasteiger partial charge on any atom is 0.126 e. The predicted octanol–water partition coefficient (Wildman–Crippen LogP) is 2.94. The van der Waals surface area contributed by atoms with Gasteiger partial charge >= 0.3 is 0 Å². The van der Waals surface area contributed by atoms with Gasteiger partial charge in [-0.15, -0.1) is 0 Å². The Balaban J connectivity index is 2.73. The van der Waals surface area contributed by atoms with Gasteiger partial charge in [0.25, 0.3) is 0 Å². The fourth-order valence-electron chi connectivity index (χ4n) is 2.01. The Labute approximate surface area is 95.5 Å². The lowest BCUT2D eigenvalue weighted by molar-refractivity contribution is 0.273. The molecule has 0 aliphatic heterocycles. The molecule has 2 nitrogen and oxygen atoms in total. The fraction of sp³-hybridized carbons (Fsp3) is 0.286. The highest BCUT2D eigenvalue weighted by Gasteiger charge is 2.11. The van der Waals surface area contributed by atoms with E-state index in [-0.39, 0.29) is 12.5 Å². The van der Waals surface area contributed by atoms with Crippen molar-refractivity contribution in [1.82, 2.24) is 0 Å². The first-order chi connectivity index (χ1) is 7.77. The minimum atomic E-state index is 0.125. The van der Waals surface area contributed by atoms with Gasteiger partial charge in [-0.2, -0.15) is 0 Å². The Hall–Kier alpha value is -1.54. The van der Waals surface area contributed by atoms with E-state index in [1.807, 2.05) is 31.2 Å². The summed E-state index contributed by atoms with van der Waals surface area (Å²) < 4.78 is 5.38. The van der Waals surface area contributed by atoms with E-state index in [4.69, 9.17) is 4.74 Å². The van der Waals surface area contributed by atoms with Gasteiger partial charge in [-0.25, -0.2) is 0 Å². The van der Waals surface area contributed by atoms with Crippen LogP contribution in [0, 0.1) is 0 Å². The average molecular weight is 216 g/mol. The summed E-state index contributed by atoms with van der Waals surface area (Å²) in [6.45, 7) is 2.17. The van der Waals surface area contributed by atoms with Gasteiger partial charge < -0.3 is 9.84 Å². The van der Waals surface area contributed by atoms with E-state index in [9.17, 15) is 5.11 Å². The molecule has 2 aromatic rings. The molecule has 1 atom stereocenters. The van der Waals surface area contributed by atoms with E-state index >= 15 is 0 Å². The molecule has 1 unspecified atom stereocenters. The van der Waals surface area contributed by atoms with Crippen LogP contribution >= 0.6 is 0 Å². The van der Waals surface area contributed by atoms with Gasteiger partial charge in [0.1, 0.15) is 5.75 Å². The number of benzene rings is 2. The first kappa shape index (κ1) is 11.0. The van der Waals surface area contributed by atoms with E-state index in [2.05, 4.69) is 12.1 Å². The lowest BCUT2D eigenvalue weighted by atomic mass is 9.95. The Morgan fingerprint density at radius 1 is 1.19 bits per heavy atom. The smallest absolute Gasteiger partial charge is 0.126 e. The number of aliphatic hydroxyl groups is 1. The van der Waals surface area contributed by atoms with Crippen molar-refractivity contribution in [3.63, 3.8) is 0 Å². The van der Waals surface area contributed by atoms with Crippen molar-refractivity contribution in [2.75, 3.05) is 13.7 Å². The van der Waals surface area contributed by atoms with Crippen LogP contribution in [0.15, 0.2) is 36.4 Å². The van der Waals surface area contributed by atoms with E-state index in [0.717, 1.165) is 22.1 Å². The van der Waals surface area contributed by atoms with Crippen molar-refractivity contribution < 1.29 is 9.84 Å². The largest absolute Gasteiger partial charge is 0.496 e. The lowest BCUT2D eigenvalue weighted by Crippen LogP contribution is -2.00. The van der Waals surface area contributed by atoms with Crippen LogP contribution in [0.25, 0.3) is 10.8 Å². The zero-order valence-electron chi connectivity index (χ0n) is 9.60. The van der Waals surface area contributed by atoms with E-state index in [0.29, 0.717) is 0 Å². The molecule has 0 spiro atoms. The SMILES string of the molecule is COc1cccc2cccc(C(C)CO)c12. The molecule has 0 amide bonds. The molecule has 1 N–H and O–H groups in total. The molecular formula is C14H16O2. The van der Waals surface area contributed by atoms with Crippen LogP contribution in [-0.2, 0) is 0 Å². The van der Waals surface area contributed by atoms with Crippen molar-refractivity contribution in [1.29, 1.82) is 0 Å². The summed E-state index contributed by atoms with van der Waals surface area (Å²) in [4.78, 5) is 0. The summed E-state index contributed by atoms with van der Waals surface area (Å²) >= 11 is 0. The van der Waals surface area contributed by atoms with Crippen molar-refractivity contribution in [2.24, 2.45) is 0 Å². The van der Waals surface area contributed by atoms with Crippen molar-refractivity contribution >= 4 is 10.8 Å². The minimum Gasteiger partial charge on any atom is -0.496 e. The van der Waals surface area contributed by atoms with E-state index in [1.54, 1.807) is 7.11 Å². The summed E-state index contributed by atoms with van der Waals surface area (Å²) in [5, 5.41) is 11.5. The number of methoxy groups -OCH3 is 1. The van der Waals surface area contributed by atoms with Gasteiger partial charge in [0.15, 0.2) is 0 Å². The maximum absolute atomic E-state index is 9.27. The topological polar surface area (TPSA) is 29.5 Å². The molecule has 0 fully saturated rings. The molecule has 84 valence electrons. The van der Waals surface area contributed by atoms with Crippen LogP contribution in [0.4, 0.5) is 0 Å². The van der Waals surface area contributed by atoms with E-state index in [1.165, 1.54) is 0 Å². The second kappa shape index (κ2) is 4.54. The monoisotopic (exact) mass is 216 g/mol. The number of hydrogen-bond acceptors (Lipinski definition) is 2. The molecule has 2 heteroatoms. The van der Waals surface area contributed by atoms with Crippen LogP contribution in [0.3, 0.4) is 0 Å². The summed E-state index contributed by atoms with van der Waals surface area (Å²) in [6, 6.07) is 12.1. The third kappa shape index (κ3) is 1.76. The van der Waals surface area contributed by atoms with Crippen molar-refractivity contribution in [3.05, 3.63) is 42.0 Å². The van der Waals surface area contributed by atoms with Crippen molar-refractivity contribution in [2.45, 2.75) is 12.8 Å². The second-order valence-corrected chi connectivity index (χ2v) is 3.99. The minimum absolute atomic E-state index is 0.125. The zero-order valence-corrected chi connectivity index (χ0v) is 9.60. The number of hydrogen-bond donors (Lipinski definition) is 1. The van der Waals surface area contributed by atoms with Gasteiger partial charge in [-0.1, -0.05) is 37.3 Å². The molecule has 16 heavy (non-hydrogen) atoms.